The molecule has 9 nitrogen and oxygen atoms in total. The van der Waals surface area contributed by atoms with Crippen LogP contribution in [-0.2, 0) is 19.1 Å². The zero-order valence-corrected chi connectivity index (χ0v) is 23.3. The van der Waals surface area contributed by atoms with Crippen molar-refractivity contribution in [2.75, 3.05) is 13.9 Å². The number of methoxy groups -OCH3 is 1. The van der Waals surface area contributed by atoms with E-state index in [4.69, 9.17) is 42.1 Å². The quantitative estimate of drug-likeness (QED) is 0.246. The lowest BCUT2D eigenvalue weighted by Gasteiger charge is -2.26. The molecule has 0 bridgehead atoms. The van der Waals surface area contributed by atoms with E-state index in [1.54, 1.807) is 31.2 Å². The number of rotatable bonds is 11. The molecule has 2 aromatic carbocycles. The monoisotopic (exact) mass is 574 g/mol. The summed E-state index contributed by atoms with van der Waals surface area (Å²) < 4.78 is 21.2. The maximum Gasteiger partial charge on any atom is 0.328 e. The van der Waals surface area contributed by atoms with Gasteiger partial charge in [-0.1, -0.05) is 47.5 Å². The van der Waals surface area contributed by atoms with Crippen LogP contribution in [0.25, 0.3) is 0 Å². The summed E-state index contributed by atoms with van der Waals surface area (Å²) in [6.07, 6.45) is 0.733. The van der Waals surface area contributed by atoms with E-state index in [0.717, 1.165) is 11.1 Å². The molecule has 3 aromatic rings. The van der Waals surface area contributed by atoms with E-state index in [1.807, 2.05) is 24.3 Å². The number of nitrogens with one attached hydrogen (secondary N) is 1. The molecule has 0 fully saturated rings. The van der Waals surface area contributed by atoms with Gasteiger partial charge in [-0.15, -0.1) is 0 Å². The minimum atomic E-state index is -1.04. The van der Waals surface area contributed by atoms with Crippen molar-refractivity contribution in [3.63, 3.8) is 0 Å². The third-order valence-corrected chi connectivity index (χ3v) is 6.20. The smallest absolute Gasteiger partial charge is 0.328 e. The van der Waals surface area contributed by atoms with Crippen LogP contribution >= 0.6 is 23.2 Å². The first-order valence-corrected chi connectivity index (χ1v) is 12.7. The number of carbonyl (C=O) groups excluding carboxylic acids is 3. The van der Waals surface area contributed by atoms with E-state index >= 15 is 0 Å². The number of benzene rings is 2. The number of aromatic nitrogens is 1. The fraction of sp³-hybridized carbons (Fsp3) is 0.286. The van der Waals surface area contributed by atoms with Crippen LogP contribution in [0.15, 0.2) is 60.8 Å². The van der Waals surface area contributed by atoms with Crippen LogP contribution in [0.1, 0.15) is 48.3 Å². The van der Waals surface area contributed by atoms with Crippen LogP contribution in [-0.4, -0.2) is 48.9 Å². The summed E-state index contributed by atoms with van der Waals surface area (Å²) in [6, 6.07) is 15.0. The summed E-state index contributed by atoms with van der Waals surface area (Å²) in [5.74, 6) is -2.11. The molecule has 11 heteroatoms. The average molecular weight is 575 g/mol. The van der Waals surface area contributed by atoms with Crippen molar-refractivity contribution >= 4 is 41.0 Å². The number of nitrogens with zero attached hydrogens (tertiary/aromatic N) is 1. The standard InChI is InChI=1S/C28H28Cl2N2O7/c1-16(32-27(34)25-26(38-15-37-18(3)33)23(36-4)13-14-31-25)28(35)39-17(2)24(19-5-9-21(29)10-6-19)20-7-11-22(30)12-8-20/h5-14,16-17,24H,15H2,1-4H3,(H,32,34)/t16-,17-/m0/s1. The molecule has 0 aliphatic rings. The van der Waals surface area contributed by atoms with Gasteiger partial charge in [0.25, 0.3) is 5.91 Å². The summed E-state index contributed by atoms with van der Waals surface area (Å²) in [7, 11) is 1.38. The van der Waals surface area contributed by atoms with E-state index in [9.17, 15) is 14.4 Å². The van der Waals surface area contributed by atoms with Gasteiger partial charge < -0.3 is 24.3 Å². The molecule has 0 saturated carbocycles. The number of halogens is 2. The van der Waals surface area contributed by atoms with Crippen molar-refractivity contribution < 1.29 is 33.3 Å². The fourth-order valence-corrected chi connectivity index (χ4v) is 4.07. The highest BCUT2D eigenvalue weighted by atomic mass is 35.5. The van der Waals surface area contributed by atoms with Gasteiger partial charge in [-0.05, 0) is 49.2 Å². The predicted molar refractivity (Wildman–Crippen MR) is 145 cm³/mol. The molecule has 206 valence electrons. The second-order valence-electron chi connectivity index (χ2n) is 8.51. The summed E-state index contributed by atoms with van der Waals surface area (Å²) in [5.41, 5.74) is 1.61. The minimum Gasteiger partial charge on any atom is -0.493 e. The van der Waals surface area contributed by atoms with Crippen molar-refractivity contribution in [3.8, 4) is 11.5 Å². The largest absolute Gasteiger partial charge is 0.493 e. The molecule has 0 spiro atoms. The zero-order chi connectivity index (χ0) is 28.5. The maximum atomic E-state index is 13.0. The van der Waals surface area contributed by atoms with Gasteiger partial charge in [-0.25, -0.2) is 9.78 Å². The van der Waals surface area contributed by atoms with Gasteiger partial charge in [0.15, 0.2) is 17.2 Å². The molecule has 0 radical (unpaired) electrons. The Morgan fingerprint density at radius 3 is 2.00 bits per heavy atom. The first kappa shape index (κ1) is 29.7. The van der Waals surface area contributed by atoms with E-state index in [2.05, 4.69) is 10.3 Å². The molecule has 1 aromatic heterocycles. The zero-order valence-electron chi connectivity index (χ0n) is 21.8. The molecule has 1 amide bonds. The average Bonchev–Trinajstić information content (AvgIpc) is 2.90. The lowest BCUT2D eigenvalue weighted by Crippen LogP contribution is -2.41. The Bertz CT molecular complexity index is 1250. The van der Waals surface area contributed by atoms with E-state index in [0.29, 0.717) is 10.0 Å². The van der Waals surface area contributed by atoms with Crippen LogP contribution in [0, 0.1) is 0 Å². The van der Waals surface area contributed by atoms with Gasteiger partial charge in [0.1, 0.15) is 12.1 Å². The molecular formula is C28H28Cl2N2O7. The van der Waals surface area contributed by atoms with Gasteiger partial charge in [-0.3, -0.25) is 9.59 Å². The molecule has 0 unspecified atom stereocenters. The summed E-state index contributed by atoms with van der Waals surface area (Å²) >= 11 is 12.1. The van der Waals surface area contributed by atoms with Crippen molar-refractivity contribution in [2.45, 2.75) is 38.8 Å². The first-order valence-electron chi connectivity index (χ1n) is 11.9. The number of pyridine rings is 1. The highest BCUT2D eigenvalue weighted by Gasteiger charge is 2.29. The second-order valence-corrected chi connectivity index (χ2v) is 9.38. The Morgan fingerprint density at radius 2 is 1.49 bits per heavy atom. The molecule has 2 atom stereocenters. The molecule has 39 heavy (non-hydrogen) atoms. The number of carbonyl (C=O) groups is 3. The Labute approximate surface area is 236 Å². The molecule has 3 rings (SSSR count). The number of hydrogen-bond donors (Lipinski definition) is 1. The Kier molecular flexibility index (Phi) is 10.5. The molecule has 1 N–H and O–H groups in total. The lowest BCUT2D eigenvalue weighted by molar-refractivity contribution is -0.151. The van der Waals surface area contributed by atoms with Gasteiger partial charge in [0, 0.05) is 35.2 Å². The van der Waals surface area contributed by atoms with Gasteiger partial charge in [0.05, 0.1) is 7.11 Å². The number of hydrogen-bond acceptors (Lipinski definition) is 8. The molecular weight excluding hydrogens is 547 g/mol. The van der Waals surface area contributed by atoms with Gasteiger partial charge in [0.2, 0.25) is 6.79 Å². The molecule has 1 heterocycles. The number of amides is 1. The SMILES string of the molecule is COc1ccnc(C(=O)N[C@@H](C)C(=O)O[C@@H](C)C(c2ccc(Cl)cc2)c2ccc(Cl)cc2)c1OCOC(C)=O. The van der Waals surface area contributed by atoms with Crippen LogP contribution in [0.4, 0.5) is 0 Å². The highest BCUT2D eigenvalue weighted by Crippen LogP contribution is 2.32. The van der Waals surface area contributed by atoms with Crippen LogP contribution < -0.4 is 14.8 Å². The fourth-order valence-electron chi connectivity index (χ4n) is 3.82. The third-order valence-electron chi connectivity index (χ3n) is 5.70. The van der Waals surface area contributed by atoms with Crippen molar-refractivity contribution in [2.24, 2.45) is 0 Å². The van der Waals surface area contributed by atoms with Crippen molar-refractivity contribution in [3.05, 3.63) is 87.7 Å². The minimum absolute atomic E-state index is 0.0433. The maximum absolute atomic E-state index is 13.0. The number of esters is 2. The van der Waals surface area contributed by atoms with E-state index in [-0.39, 0.29) is 23.1 Å². The van der Waals surface area contributed by atoms with Crippen LogP contribution in [0.3, 0.4) is 0 Å². The normalized spacial score (nSPS) is 12.3. The van der Waals surface area contributed by atoms with E-state index in [1.165, 1.54) is 33.2 Å². The van der Waals surface area contributed by atoms with E-state index < -0.39 is 36.8 Å². The summed E-state index contributed by atoms with van der Waals surface area (Å²) in [6.45, 7) is 4.02. The third kappa shape index (κ3) is 8.08. The van der Waals surface area contributed by atoms with Crippen molar-refractivity contribution in [1.82, 2.24) is 10.3 Å². The van der Waals surface area contributed by atoms with Crippen LogP contribution in [0.5, 0.6) is 11.5 Å². The Morgan fingerprint density at radius 1 is 0.923 bits per heavy atom. The molecule has 0 aliphatic carbocycles. The lowest BCUT2D eigenvalue weighted by atomic mass is 9.87. The molecule has 0 aliphatic heterocycles. The van der Waals surface area contributed by atoms with Crippen LogP contribution in [0.2, 0.25) is 10.0 Å². The van der Waals surface area contributed by atoms with Crippen molar-refractivity contribution in [1.29, 1.82) is 0 Å². The summed E-state index contributed by atoms with van der Waals surface area (Å²) in [5, 5.41) is 3.73. The Hall–Kier alpha value is -3.82. The Balaban J connectivity index is 1.75. The second kappa shape index (κ2) is 13.8. The molecule has 0 saturated heterocycles. The van der Waals surface area contributed by atoms with Gasteiger partial charge in [-0.2, -0.15) is 0 Å². The highest BCUT2D eigenvalue weighted by molar-refractivity contribution is 6.30. The predicted octanol–water partition coefficient (Wildman–Crippen LogP) is 5.18. The first-order chi connectivity index (χ1) is 18.6. The number of ether oxygens (including phenoxy) is 4. The van der Waals surface area contributed by atoms with Gasteiger partial charge >= 0.3 is 11.9 Å². The topological polar surface area (TPSA) is 113 Å². The summed E-state index contributed by atoms with van der Waals surface area (Å²) in [4.78, 5) is 41.2.